The normalized spacial score (nSPS) is 10.8. The lowest BCUT2D eigenvalue weighted by molar-refractivity contribution is 0.102. The average Bonchev–Trinajstić information content (AvgIpc) is 3.02. The van der Waals surface area contributed by atoms with Crippen LogP contribution in [0.25, 0.3) is 11.3 Å². The fraction of sp³-hybridized carbons (Fsp3) is 0.158. The van der Waals surface area contributed by atoms with E-state index in [0.717, 1.165) is 34.5 Å². The second-order valence-electron chi connectivity index (χ2n) is 5.99. The number of carbonyl (C=O) groups excluding carboxylic acids is 1. The largest absolute Gasteiger partial charge is 0.298 e. The molecule has 0 saturated heterocycles. The van der Waals surface area contributed by atoms with Gasteiger partial charge < -0.3 is 0 Å². The first-order valence-electron chi connectivity index (χ1n) is 7.76. The number of halogens is 3. The van der Waals surface area contributed by atoms with Gasteiger partial charge in [0, 0.05) is 10.9 Å². The Labute approximate surface area is 158 Å². The summed E-state index contributed by atoms with van der Waals surface area (Å²) in [7, 11) is 0. The highest BCUT2D eigenvalue weighted by molar-refractivity contribution is 7.14. The predicted molar refractivity (Wildman–Crippen MR) is 101 cm³/mol. The van der Waals surface area contributed by atoms with E-state index < -0.39 is 17.5 Å². The summed E-state index contributed by atoms with van der Waals surface area (Å²) in [6, 6.07) is 5.69. The van der Waals surface area contributed by atoms with Crippen LogP contribution in [0, 0.1) is 32.4 Å². The van der Waals surface area contributed by atoms with Crippen molar-refractivity contribution in [3.63, 3.8) is 0 Å². The molecule has 2 aromatic carbocycles. The summed E-state index contributed by atoms with van der Waals surface area (Å²) >= 11 is 7.08. The molecular weight excluding hydrogens is 378 g/mol. The fourth-order valence-electron chi connectivity index (χ4n) is 2.55. The molecule has 3 aromatic rings. The monoisotopic (exact) mass is 392 g/mol. The van der Waals surface area contributed by atoms with Crippen LogP contribution in [0.2, 0.25) is 5.02 Å². The summed E-state index contributed by atoms with van der Waals surface area (Å²) < 4.78 is 26.5. The van der Waals surface area contributed by atoms with E-state index in [4.69, 9.17) is 11.6 Å². The molecule has 26 heavy (non-hydrogen) atoms. The maximum absolute atomic E-state index is 13.4. The molecule has 0 atom stereocenters. The van der Waals surface area contributed by atoms with Crippen LogP contribution in [-0.4, -0.2) is 10.9 Å². The van der Waals surface area contributed by atoms with Gasteiger partial charge in [-0.25, -0.2) is 13.8 Å². The first-order chi connectivity index (χ1) is 12.3. The van der Waals surface area contributed by atoms with Crippen LogP contribution in [0.1, 0.15) is 27.0 Å². The second-order valence-corrected chi connectivity index (χ2v) is 7.25. The van der Waals surface area contributed by atoms with Gasteiger partial charge in [-0.05, 0) is 55.7 Å². The second kappa shape index (κ2) is 7.13. The average molecular weight is 393 g/mol. The zero-order valence-electron chi connectivity index (χ0n) is 14.3. The number of nitrogens with one attached hydrogen (secondary N) is 1. The van der Waals surface area contributed by atoms with Crippen molar-refractivity contribution in [3.8, 4) is 11.3 Å². The van der Waals surface area contributed by atoms with Crippen molar-refractivity contribution in [2.45, 2.75) is 20.8 Å². The quantitative estimate of drug-likeness (QED) is 0.562. The SMILES string of the molecule is Cc1cc(C)c(-c2csc(NC(=O)c3cc(F)c(F)cc3Cl)n2)cc1C. The van der Waals surface area contributed by atoms with Crippen LogP contribution in [0.4, 0.5) is 13.9 Å². The van der Waals surface area contributed by atoms with Crippen molar-refractivity contribution in [2.75, 3.05) is 5.32 Å². The maximum atomic E-state index is 13.4. The highest BCUT2D eigenvalue weighted by Gasteiger charge is 2.17. The van der Waals surface area contributed by atoms with E-state index in [-0.39, 0.29) is 10.6 Å². The Morgan fingerprint density at radius 3 is 2.42 bits per heavy atom. The molecule has 0 fully saturated rings. The first-order valence-corrected chi connectivity index (χ1v) is 9.01. The van der Waals surface area contributed by atoms with E-state index in [1.165, 1.54) is 16.9 Å². The van der Waals surface area contributed by atoms with Crippen LogP contribution >= 0.6 is 22.9 Å². The Kier molecular flexibility index (Phi) is 5.07. The molecule has 0 aliphatic carbocycles. The molecule has 0 spiro atoms. The lowest BCUT2D eigenvalue weighted by Gasteiger charge is -2.07. The van der Waals surface area contributed by atoms with E-state index in [2.05, 4.69) is 22.4 Å². The number of hydrogen-bond acceptors (Lipinski definition) is 3. The molecule has 0 radical (unpaired) electrons. The molecule has 1 aromatic heterocycles. The molecule has 3 nitrogen and oxygen atoms in total. The van der Waals surface area contributed by atoms with Gasteiger partial charge in [-0.3, -0.25) is 10.1 Å². The Bertz CT molecular complexity index is 1020. The van der Waals surface area contributed by atoms with E-state index in [1.807, 2.05) is 26.2 Å². The third kappa shape index (κ3) is 3.61. The molecular formula is C19H15ClF2N2OS. The van der Waals surface area contributed by atoms with Crippen molar-refractivity contribution in [3.05, 3.63) is 68.6 Å². The standard InChI is InChI=1S/C19H15ClF2N2OS/c1-9-4-11(3)12(5-10(9)2)17-8-26-19(23-17)24-18(25)13-6-15(21)16(22)7-14(13)20/h4-8H,1-3H3,(H,23,24,25). The number of hydrogen-bond donors (Lipinski definition) is 1. The number of aromatic nitrogens is 1. The van der Waals surface area contributed by atoms with Crippen LogP contribution < -0.4 is 5.32 Å². The molecule has 0 bridgehead atoms. The number of amides is 1. The first kappa shape index (κ1) is 18.5. The zero-order chi connectivity index (χ0) is 19.0. The number of aryl methyl sites for hydroxylation is 3. The molecule has 1 heterocycles. The van der Waals surface area contributed by atoms with Gasteiger partial charge in [-0.2, -0.15) is 0 Å². The van der Waals surface area contributed by atoms with Gasteiger partial charge in [-0.15, -0.1) is 11.3 Å². The molecule has 7 heteroatoms. The van der Waals surface area contributed by atoms with E-state index in [0.29, 0.717) is 5.13 Å². The highest BCUT2D eigenvalue weighted by atomic mass is 35.5. The molecule has 0 aliphatic rings. The minimum Gasteiger partial charge on any atom is -0.298 e. The van der Waals surface area contributed by atoms with Gasteiger partial charge in [0.05, 0.1) is 16.3 Å². The van der Waals surface area contributed by atoms with Gasteiger partial charge in [0.2, 0.25) is 0 Å². The fourth-order valence-corrected chi connectivity index (χ4v) is 3.49. The Morgan fingerprint density at radius 1 is 1.04 bits per heavy atom. The number of benzene rings is 2. The Morgan fingerprint density at radius 2 is 1.69 bits per heavy atom. The van der Waals surface area contributed by atoms with Crippen molar-refractivity contribution >= 4 is 34.0 Å². The lowest BCUT2D eigenvalue weighted by Crippen LogP contribution is -2.13. The molecule has 1 amide bonds. The molecule has 134 valence electrons. The van der Waals surface area contributed by atoms with E-state index in [9.17, 15) is 13.6 Å². The van der Waals surface area contributed by atoms with E-state index in [1.54, 1.807) is 0 Å². The zero-order valence-corrected chi connectivity index (χ0v) is 15.9. The highest BCUT2D eigenvalue weighted by Crippen LogP contribution is 2.30. The van der Waals surface area contributed by atoms with Crippen molar-refractivity contribution in [2.24, 2.45) is 0 Å². The number of thiazole rings is 1. The van der Waals surface area contributed by atoms with Crippen molar-refractivity contribution in [1.29, 1.82) is 0 Å². The molecule has 3 rings (SSSR count). The summed E-state index contributed by atoms with van der Waals surface area (Å²) in [5.41, 5.74) is 5.00. The minimum absolute atomic E-state index is 0.148. The number of anilines is 1. The molecule has 1 N–H and O–H groups in total. The van der Waals surface area contributed by atoms with E-state index >= 15 is 0 Å². The van der Waals surface area contributed by atoms with Crippen LogP contribution in [0.15, 0.2) is 29.6 Å². The van der Waals surface area contributed by atoms with Crippen LogP contribution in [0.5, 0.6) is 0 Å². The van der Waals surface area contributed by atoms with Crippen molar-refractivity contribution in [1.82, 2.24) is 4.98 Å². The summed E-state index contributed by atoms with van der Waals surface area (Å²) in [6.07, 6.45) is 0. The summed E-state index contributed by atoms with van der Waals surface area (Å²) in [6.45, 7) is 6.07. The number of nitrogens with zero attached hydrogens (tertiary/aromatic N) is 1. The van der Waals surface area contributed by atoms with Gasteiger partial charge in [-0.1, -0.05) is 17.7 Å². The minimum atomic E-state index is -1.13. The third-order valence-corrected chi connectivity index (χ3v) is 5.17. The number of rotatable bonds is 3. The lowest BCUT2D eigenvalue weighted by atomic mass is 9.99. The maximum Gasteiger partial charge on any atom is 0.259 e. The molecule has 0 aliphatic heterocycles. The predicted octanol–water partition coefficient (Wildman–Crippen LogP) is 5.92. The van der Waals surface area contributed by atoms with Gasteiger partial charge in [0.25, 0.3) is 5.91 Å². The smallest absolute Gasteiger partial charge is 0.259 e. The molecule has 0 unspecified atom stereocenters. The third-order valence-electron chi connectivity index (χ3n) is 4.10. The summed E-state index contributed by atoms with van der Waals surface area (Å²) in [4.78, 5) is 16.7. The van der Waals surface area contributed by atoms with Crippen LogP contribution in [0.3, 0.4) is 0 Å². The van der Waals surface area contributed by atoms with Gasteiger partial charge >= 0.3 is 0 Å². The Balaban J connectivity index is 1.86. The topological polar surface area (TPSA) is 42.0 Å². The molecule has 0 saturated carbocycles. The van der Waals surface area contributed by atoms with Gasteiger partial charge in [0.1, 0.15) is 0 Å². The van der Waals surface area contributed by atoms with Crippen molar-refractivity contribution < 1.29 is 13.6 Å². The van der Waals surface area contributed by atoms with Gasteiger partial charge in [0.15, 0.2) is 16.8 Å². The number of carbonyl (C=O) groups is 1. The Hall–Kier alpha value is -2.31. The summed E-state index contributed by atoms with van der Waals surface area (Å²) in [5, 5.41) is 4.60. The summed E-state index contributed by atoms with van der Waals surface area (Å²) in [5.74, 6) is -2.88. The van der Waals surface area contributed by atoms with Crippen LogP contribution in [-0.2, 0) is 0 Å².